The van der Waals surface area contributed by atoms with E-state index < -0.39 is 27.9 Å². The van der Waals surface area contributed by atoms with Crippen molar-refractivity contribution in [2.45, 2.75) is 30.8 Å². The molecule has 1 heterocycles. The number of carbonyl (C=O) groups excluding carboxylic acids is 2. The summed E-state index contributed by atoms with van der Waals surface area (Å²) in [6, 6.07) is 20.1. The lowest BCUT2D eigenvalue weighted by Gasteiger charge is -2.22. The number of H-pyrrole nitrogens is 1. The maximum absolute atomic E-state index is 13.7. The SMILES string of the molecule is CCN(Cc1ccccc1)S(=O)(=O)c1cc(C(=O)N[C@H](Cc2c[nH]c3ccccc23)C(=O)OC)ccc1OC. The summed E-state index contributed by atoms with van der Waals surface area (Å²) in [5, 5.41) is 3.64. The van der Waals surface area contributed by atoms with E-state index in [1.807, 2.05) is 54.6 Å². The highest BCUT2D eigenvalue weighted by atomic mass is 32.2. The van der Waals surface area contributed by atoms with Crippen LogP contribution in [0.2, 0.25) is 0 Å². The molecule has 3 aromatic carbocycles. The molecule has 0 fully saturated rings. The van der Waals surface area contributed by atoms with Crippen molar-refractivity contribution in [3.63, 3.8) is 0 Å². The largest absolute Gasteiger partial charge is 0.495 e. The Labute approximate surface area is 227 Å². The Bertz CT molecular complexity index is 1570. The Morgan fingerprint density at radius 1 is 1.00 bits per heavy atom. The van der Waals surface area contributed by atoms with Crippen molar-refractivity contribution in [1.82, 2.24) is 14.6 Å². The van der Waals surface area contributed by atoms with Crippen molar-refractivity contribution >= 4 is 32.8 Å². The molecule has 1 atom stereocenters. The van der Waals surface area contributed by atoms with Crippen LogP contribution in [0.1, 0.15) is 28.4 Å². The molecular weight excluding hydrogens is 518 g/mol. The number of fused-ring (bicyclic) bond motifs is 1. The minimum Gasteiger partial charge on any atom is -0.495 e. The van der Waals surface area contributed by atoms with Gasteiger partial charge in [-0.15, -0.1) is 0 Å². The second kappa shape index (κ2) is 12.1. The van der Waals surface area contributed by atoms with Gasteiger partial charge in [0.1, 0.15) is 16.7 Å². The van der Waals surface area contributed by atoms with E-state index in [1.165, 1.54) is 36.7 Å². The van der Waals surface area contributed by atoms with E-state index in [9.17, 15) is 18.0 Å². The molecule has 0 aliphatic heterocycles. The van der Waals surface area contributed by atoms with Crippen LogP contribution in [0.15, 0.2) is 83.9 Å². The molecule has 4 rings (SSSR count). The molecule has 4 aromatic rings. The zero-order valence-electron chi connectivity index (χ0n) is 22.0. The van der Waals surface area contributed by atoms with E-state index >= 15 is 0 Å². The summed E-state index contributed by atoms with van der Waals surface area (Å²) in [4.78, 5) is 28.9. The normalized spacial score (nSPS) is 12.3. The number of methoxy groups -OCH3 is 2. The fraction of sp³-hybridized carbons (Fsp3) is 0.241. The lowest BCUT2D eigenvalue weighted by atomic mass is 10.0. The van der Waals surface area contributed by atoms with Crippen LogP contribution in [0.4, 0.5) is 0 Å². The summed E-state index contributed by atoms with van der Waals surface area (Å²) in [7, 11) is -1.41. The molecule has 9 nitrogen and oxygen atoms in total. The number of hydrogen-bond acceptors (Lipinski definition) is 6. The Morgan fingerprint density at radius 3 is 2.41 bits per heavy atom. The Balaban J connectivity index is 1.62. The predicted molar refractivity (Wildman–Crippen MR) is 148 cm³/mol. The number of sulfonamides is 1. The highest BCUT2D eigenvalue weighted by Gasteiger charge is 2.29. The number of carbonyl (C=O) groups is 2. The van der Waals surface area contributed by atoms with Gasteiger partial charge < -0.3 is 19.8 Å². The van der Waals surface area contributed by atoms with E-state index in [0.717, 1.165) is 22.0 Å². The zero-order valence-corrected chi connectivity index (χ0v) is 22.8. The molecule has 10 heteroatoms. The molecule has 39 heavy (non-hydrogen) atoms. The molecule has 0 unspecified atom stereocenters. The molecule has 0 saturated carbocycles. The fourth-order valence-corrected chi connectivity index (χ4v) is 6.03. The van der Waals surface area contributed by atoms with Crippen LogP contribution in [0.25, 0.3) is 10.9 Å². The first kappa shape index (κ1) is 27.9. The quantitative estimate of drug-likeness (QED) is 0.274. The van der Waals surface area contributed by atoms with Crippen molar-refractivity contribution in [1.29, 1.82) is 0 Å². The molecule has 204 valence electrons. The van der Waals surface area contributed by atoms with Gasteiger partial charge in [0.15, 0.2) is 0 Å². The van der Waals surface area contributed by atoms with Crippen LogP contribution in [-0.4, -0.2) is 56.4 Å². The molecule has 0 aliphatic carbocycles. The molecular formula is C29H31N3O6S. The zero-order chi connectivity index (χ0) is 28.0. The number of aromatic nitrogens is 1. The average molecular weight is 550 g/mol. The summed E-state index contributed by atoms with van der Waals surface area (Å²) in [5.41, 5.74) is 2.63. The highest BCUT2D eigenvalue weighted by Crippen LogP contribution is 2.29. The maximum atomic E-state index is 13.7. The van der Waals surface area contributed by atoms with Crippen LogP contribution < -0.4 is 10.1 Å². The number of esters is 1. The second-order valence-electron chi connectivity index (χ2n) is 8.90. The van der Waals surface area contributed by atoms with Gasteiger partial charge in [-0.25, -0.2) is 13.2 Å². The lowest BCUT2D eigenvalue weighted by Crippen LogP contribution is -2.43. The molecule has 0 aliphatic rings. The monoisotopic (exact) mass is 549 g/mol. The van der Waals surface area contributed by atoms with Gasteiger partial charge >= 0.3 is 5.97 Å². The third-order valence-electron chi connectivity index (χ3n) is 6.49. The van der Waals surface area contributed by atoms with Crippen molar-refractivity contribution in [3.8, 4) is 5.75 Å². The van der Waals surface area contributed by atoms with Crippen molar-refractivity contribution < 1.29 is 27.5 Å². The van der Waals surface area contributed by atoms with Gasteiger partial charge in [-0.05, 0) is 35.4 Å². The number of amides is 1. The number of nitrogens with one attached hydrogen (secondary N) is 2. The van der Waals surface area contributed by atoms with Gasteiger partial charge in [-0.2, -0.15) is 4.31 Å². The number of nitrogens with zero attached hydrogens (tertiary/aromatic N) is 1. The molecule has 1 amide bonds. The van der Waals surface area contributed by atoms with Crippen molar-refractivity contribution in [3.05, 3.63) is 95.7 Å². The summed E-state index contributed by atoms with van der Waals surface area (Å²) in [6.07, 6.45) is 1.97. The molecule has 0 bridgehead atoms. The Kier molecular flexibility index (Phi) is 8.68. The van der Waals surface area contributed by atoms with Crippen LogP contribution in [0.3, 0.4) is 0 Å². The standard InChI is InChI=1S/C29H31N3O6S/c1-4-32(19-20-10-6-5-7-11-20)39(35,36)27-17-21(14-15-26(27)37-2)28(33)31-25(29(34)38-3)16-22-18-30-24-13-9-8-12-23(22)24/h5-15,17-18,25,30H,4,16,19H2,1-3H3,(H,31,33)/t25-/m1/s1. The van der Waals surface area contributed by atoms with E-state index in [2.05, 4.69) is 10.3 Å². The minimum atomic E-state index is -4.03. The number of para-hydroxylation sites is 1. The average Bonchev–Trinajstić information content (AvgIpc) is 3.37. The lowest BCUT2D eigenvalue weighted by molar-refractivity contribution is -0.142. The first-order valence-electron chi connectivity index (χ1n) is 12.4. The van der Waals surface area contributed by atoms with Crippen LogP contribution in [0, 0.1) is 0 Å². The van der Waals surface area contributed by atoms with Crippen LogP contribution in [-0.2, 0) is 32.5 Å². The number of benzene rings is 3. The van der Waals surface area contributed by atoms with E-state index in [-0.39, 0.29) is 35.7 Å². The molecule has 2 N–H and O–H groups in total. The van der Waals surface area contributed by atoms with Gasteiger partial charge in [0.2, 0.25) is 10.0 Å². The number of rotatable bonds is 11. The summed E-state index contributed by atoms with van der Waals surface area (Å²) in [6.45, 7) is 2.12. The number of hydrogen-bond donors (Lipinski definition) is 2. The van der Waals surface area contributed by atoms with Crippen LogP contribution >= 0.6 is 0 Å². The van der Waals surface area contributed by atoms with E-state index in [0.29, 0.717) is 0 Å². The smallest absolute Gasteiger partial charge is 0.328 e. The van der Waals surface area contributed by atoms with E-state index in [1.54, 1.807) is 13.1 Å². The van der Waals surface area contributed by atoms with Crippen molar-refractivity contribution in [2.75, 3.05) is 20.8 Å². The number of aromatic amines is 1. The third kappa shape index (κ3) is 6.13. The van der Waals surface area contributed by atoms with E-state index in [4.69, 9.17) is 9.47 Å². The summed E-state index contributed by atoms with van der Waals surface area (Å²) in [5.74, 6) is -1.12. The maximum Gasteiger partial charge on any atom is 0.328 e. The topological polar surface area (TPSA) is 118 Å². The molecule has 0 radical (unpaired) electrons. The van der Waals surface area contributed by atoms with Crippen molar-refractivity contribution in [2.24, 2.45) is 0 Å². The Morgan fingerprint density at radius 2 is 1.72 bits per heavy atom. The molecule has 0 spiro atoms. The summed E-state index contributed by atoms with van der Waals surface area (Å²) >= 11 is 0. The highest BCUT2D eigenvalue weighted by molar-refractivity contribution is 7.89. The van der Waals surface area contributed by atoms with Gasteiger partial charge in [0.05, 0.1) is 14.2 Å². The first-order valence-corrected chi connectivity index (χ1v) is 13.9. The predicted octanol–water partition coefficient (Wildman–Crippen LogP) is 3.90. The summed E-state index contributed by atoms with van der Waals surface area (Å²) < 4.78 is 38.9. The van der Waals surface area contributed by atoms with Gasteiger partial charge in [0.25, 0.3) is 5.91 Å². The number of ether oxygens (including phenoxy) is 2. The van der Waals surface area contributed by atoms with Gasteiger partial charge in [0, 0.05) is 42.2 Å². The van der Waals surface area contributed by atoms with Crippen LogP contribution in [0.5, 0.6) is 5.75 Å². The third-order valence-corrected chi connectivity index (χ3v) is 8.43. The second-order valence-corrected chi connectivity index (χ2v) is 10.8. The minimum absolute atomic E-state index is 0.0676. The molecule has 0 saturated heterocycles. The van der Waals surface area contributed by atoms with Gasteiger partial charge in [-0.3, -0.25) is 4.79 Å². The van der Waals surface area contributed by atoms with Gasteiger partial charge in [-0.1, -0.05) is 55.5 Å². The molecule has 1 aromatic heterocycles. The fourth-order valence-electron chi connectivity index (χ4n) is 4.41. The Hall–Kier alpha value is -4.15. The first-order chi connectivity index (χ1) is 18.8.